The SMILES string of the molecule is Cc1ccc(NC(=O)c2cc(NC3CCCC3)ncn2)cc1C. The van der Waals surface area contributed by atoms with Gasteiger partial charge in [0.15, 0.2) is 0 Å². The summed E-state index contributed by atoms with van der Waals surface area (Å²) in [5.41, 5.74) is 3.50. The van der Waals surface area contributed by atoms with Gasteiger partial charge in [0, 0.05) is 17.8 Å². The van der Waals surface area contributed by atoms with Crippen molar-refractivity contribution in [2.75, 3.05) is 10.6 Å². The molecule has 1 fully saturated rings. The minimum Gasteiger partial charge on any atom is -0.367 e. The lowest BCUT2D eigenvalue weighted by molar-refractivity contribution is 0.102. The van der Waals surface area contributed by atoms with Crippen molar-refractivity contribution in [3.8, 4) is 0 Å². The molecule has 1 heterocycles. The number of carbonyl (C=O) groups is 1. The van der Waals surface area contributed by atoms with E-state index in [0.717, 1.165) is 29.9 Å². The first-order valence-corrected chi connectivity index (χ1v) is 8.09. The highest BCUT2D eigenvalue weighted by Gasteiger charge is 2.16. The third kappa shape index (κ3) is 3.86. The third-order valence-corrected chi connectivity index (χ3v) is 4.37. The largest absolute Gasteiger partial charge is 0.367 e. The van der Waals surface area contributed by atoms with E-state index >= 15 is 0 Å². The van der Waals surface area contributed by atoms with Crippen molar-refractivity contribution < 1.29 is 4.79 Å². The molecule has 1 saturated carbocycles. The first-order valence-electron chi connectivity index (χ1n) is 8.09. The molecule has 1 aliphatic rings. The van der Waals surface area contributed by atoms with Gasteiger partial charge < -0.3 is 10.6 Å². The van der Waals surface area contributed by atoms with Crippen molar-refractivity contribution in [2.24, 2.45) is 0 Å². The zero-order valence-corrected chi connectivity index (χ0v) is 13.6. The topological polar surface area (TPSA) is 66.9 Å². The monoisotopic (exact) mass is 310 g/mol. The molecular formula is C18H22N4O. The smallest absolute Gasteiger partial charge is 0.274 e. The van der Waals surface area contributed by atoms with E-state index in [9.17, 15) is 4.79 Å². The van der Waals surface area contributed by atoms with Gasteiger partial charge in [0.1, 0.15) is 17.8 Å². The molecule has 2 aromatic rings. The Morgan fingerprint density at radius 1 is 1.09 bits per heavy atom. The molecule has 1 aromatic carbocycles. The van der Waals surface area contributed by atoms with Crippen LogP contribution in [0.25, 0.3) is 0 Å². The number of nitrogens with one attached hydrogen (secondary N) is 2. The Bertz CT molecular complexity index is 708. The summed E-state index contributed by atoms with van der Waals surface area (Å²) in [5.74, 6) is 0.502. The summed E-state index contributed by atoms with van der Waals surface area (Å²) in [5, 5.41) is 6.28. The van der Waals surface area contributed by atoms with E-state index in [1.54, 1.807) is 6.07 Å². The second kappa shape index (κ2) is 6.77. The molecule has 120 valence electrons. The molecule has 3 rings (SSSR count). The number of anilines is 2. The summed E-state index contributed by atoms with van der Waals surface area (Å²) in [6.45, 7) is 4.08. The molecule has 0 saturated heterocycles. The van der Waals surface area contributed by atoms with E-state index in [-0.39, 0.29) is 5.91 Å². The van der Waals surface area contributed by atoms with Gasteiger partial charge >= 0.3 is 0 Å². The Kier molecular flexibility index (Phi) is 4.55. The average molecular weight is 310 g/mol. The minimum atomic E-state index is -0.217. The van der Waals surface area contributed by atoms with Crippen LogP contribution in [0.3, 0.4) is 0 Å². The van der Waals surface area contributed by atoms with Crippen molar-refractivity contribution in [1.82, 2.24) is 9.97 Å². The number of benzene rings is 1. The molecule has 5 nitrogen and oxygen atoms in total. The Morgan fingerprint density at radius 3 is 2.61 bits per heavy atom. The summed E-state index contributed by atoms with van der Waals surface area (Å²) in [4.78, 5) is 20.7. The molecule has 5 heteroatoms. The van der Waals surface area contributed by atoms with Crippen LogP contribution in [0.2, 0.25) is 0 Å². The van der Waals surface area contributed by atoms with Gasteiger partial charge in [-0.3, -0.25) is 4.79 Å². The summed E-state index contributed by atoms with van der Waals surface area (Å²) in [6, 6.07) is 8.04. The molecule has 0 unspecified atom stereocenters. The highest BCUT2D eigenvalue weighted by molar-refractivity contribution is 6.03. The lowest BCUT2D eigenvalue weighted by Crippen LogP contribution is -2.18. The van der Waals surface area contributed by atoms with Crippen molar-refractivity contribution in [1.29, 1.82) is 0 Å². The highest BCUT2D eigenvalue weighted by atomic mass is 16.1. The third-order valence-electron chi connectivity index (χ3n) is 4.37. The van der Waals surface area contributed by atoms with Crippen molar-refractivity contribution in [3.05, 3.63) is 47.4 Å². The minimum absolute atomic E-state index is 0.217. The molecule has 0 aliphatic heterocycles. The molecular weight excluding hydrogens is 288 g/mol. The van der Waals surface area contributed by atoms with E-state index in [1.807, 2.05) is 32.0 Å². The molecule has 23 heavy (non-hydrogen) atoms. The van der Waals surface area contributed by atoms with Crippen molar-refractivity contribution in [3.63, 3.8) is 0 Å². The Labute approximate surface area is 136 Å². The summed E-state index contributed by atoms with van der Waals surface area (Å²) in [7, 11) is 0. The molecule has 0 atom stereocenters. The maximum atomic E-state index is 12.4. The molecule has 0 radical (unpaired) electrons. The fraction of sp³-hybridized carbons (Fsp3) is 0.389. The van der Waals surface area contributed by atoms with E-state index in [4.69, 9.17) is 0 Å². The molecule has 1 aromatic heterocycles. The van der Waals surface area contributed by atoms with Gasteiger partial charge in [-0.25, -0.2) is 9.97 Å². The number of hydrogen-bond donors (Lipinski definition) is 2. The number of hydrogen-bond acceptors (Lipinski definition) is 4. The predicted molar refractivity (Wildman–Crippen MR) is 91.8 cm³/mol. The van der Waals surface area contributed by atoms with Crippen LogP contribution in [0.15, 0.2) is 30.6 Å². The zero-order valence-electron chi connectivity index (χ0n) is 13.6. The second-order valence-electron chi connectivity index (χ2n) is 6.17. The quantitative estimate of drug-likeness (QED) is 0.903. The van der Waals surface area contributed by atoms with Crippen molar-refractivity contribution >= 4 is 17.4 Å². The van der Waals surface area contributed by atoms with Crippen LogP contribution < -0.4 is 10.6 Å². The number of aromatic nitrogens is 2. The van der Waals surface area contributed by atoms with Crippen LogP contribution in [0.5, 0.6) is 0 Å². The molecule has 2 N–H and O–H groups in total. The molecule has 0 bridgehead atoms. The van der Waals surface area contributed by atoms with Crippen LogP contribution in [0, 0.1) is 13.8 Å². The molecule has 1 aliphatic carbocycles. The zero-order chi connectivity index (χ0) is 16.2. The molecule has 1 amide bonds. The van der Waals surface area contributed by atoms with Crippen LogP contribution >= 0.6 is 0 Å². The number of carbonyl (C=O) groups excluding carboxylic acids is 1. The van der Waals surface area contributed by atoms with Crippen LogP contribution in [0.4, 0.5) is 11.5 Å². The van der Waals surface area contributed by atoms with Gasteiger partial charge in [0.25, 0.3) is 5.91 Å². The predicted octanol–water partition coefficient (Wildman–Crippen LogP) is 3.70. The maximum absolute atomic E-state index is 12.4. The summed E-state index contributed by atoms with van der Waals surface area (Å²) >= 11 is 0. The lowest BCUT2D eigenvalue weighted by atomic mass is 10.1. The number of amides is 1. The fourth-order valence-electron chi connectivity index (χ4n) is 2.85. The Morgan fingerprint density at radius 2 is 1.87 bits per heavy atom. The fourth-order valence-corrected chi connectivity index (χ4v) is 2.85. The molecule has 0 spiro atoms. The second-order valence-corrected chi connectivity index (χ2v) is 6.17. The number of rotatable bonds is 4. The van der Waals surface area contributed by atoms with Crippen LogP contribution in [-0.2, 0) is 0 Å². The Hall–Kier alpha value is -2.43. The van der Waals surface area contributed by atoms with E-state index < -0.39 is 0 Å². The van der Waals surface area contributed by atoms with E-state index in [1.165, 1.54) is 24.7 Å². The number of nitrogens with zero attached hydrogens (tertiary/aromatic N) is 2. The van der Waals surface area contributed by atoms with Gasteiger partial charge in [-0.2, -0.15) is 0 Å². The van der Waals surface area contributed by atoms with E-state index in [2.05, 4.69) is 20.6 Å². The summed E-state index contributed by atoms with van der Waals surface area (Å²) < 4.78 is 0. The van der Waals surface area contributed by atoms with Gasteiger partial charge in [-0.05, 0) is 49.9 Å². The normalized spacial score (nSPS) is 14.7. The van der Waals surface area contributed by atoms with Gasteiger partial charge in [-0.1, -0.05) is 18.9 Å². The van der Waals surface area contributed by atoms with E-state index in [0.29, 0.717) is 11.7 Å². The van der Waals surface area contributed by atoms with Gasteiger partial charge in [0.2, 0.25) is 0 Å². The van der Waals surface area contributed by atoms with Crippen molar-refractivity contribution in [2.45, 2.75) is 45.6 Å². The van der Waals surface area contributed by atoms with Gasteiger partial charge in [-0.15, -0.1) is 0 Å². The first kappa shape index (κ1) is 15.5. The number of aryl methyl sites for hydroxylation is 2. The summed E-state index contributed by atoms with van der Waals surface area (Å²) in [6.07, 6.45) is 6.26. The lowest BCUT2D eigenvalue weighted by Gasteiger charge is -2.13. The standard InChI is InChI=1S/C18H22N4O/c1-12-7-8-15(9-13(12)2)22-18(23)16-10-17(20-11-19-16)21-14-5-3-4-6-14/h7-11,14H,3-6H2,1-2H3,(H,22,23)(H,19,20,21). The average Bonchev–Trinajstić information content (AvgIpc) is 3.04. The maximum Gasteiger partial charge on any atom is 0.274 e. The van der Waals surface area contributed by atoms with Crippen LogP contribution in [-0.4, -0.2) is 21.9 Å². The Balaban J connectivity index is 1.70. The van der Waals surface area contributed by atoms with Gasteiger partial charge in [0.05, 0.1) is 0 Å². The van der Waals surface area contributed by atoms with Crippen LogP contribution in [0.1, 0.15) is 47.3 Å². The first-order chi connectivity index (χ1) is 11.1. The highest BCUT2D eigenvalue weighted by Crippen LogP contribution is 2.21.